The summed E-state index contributed by atoms with van der Waals surface area (Å²) in [5.41, 5.74) is 1.86. The van der Waals surface area contributed by atoms with Crippen molar-refractivity contribution in [3.8, 4) is 11.5 Å². The molecule has 4 nitrogen and oxygen atoms in total. The van der Waals surface area contributed by atoms with E-state index in [-0.39, 0.29) is 12.2 Å². The molecule has 23 heavy (non-hydrogen) atoms. The van der Waals surface area contributed by atoms with Crippen molar-refractivity contribution in [3.05, 3.63) is 54.1 Å². The molecule has 0 heterocycles. The van der Waals surface area contributed by atoms with Crippen LogP contribution in [-0.4, -0.2) is 12.2 Å². The van der Waals surface area contributed by atoms with Crippen molar-refractivity contribution >= 4 is 5.69 Å². The number of benzene rings is 2. The molecule has 0 aliphatic rings. The molecule has 2 aromatic rings. The molecule has 122 valence electrons. The Kier molecular flexibility index (Phi) is 6.15. The maximum atomic E-state index is 5.68. The summed E-state index contributed by atoms with van der Waals surface area (Å²) in [6.45, 7) is 8.54. The van der Waals surface area contributed by atoms with Crippen molar-refractivity contribution in [1.82, 2.24) is 0 Å². The van der Waals surface area contributed by atoms with E-state index in [2.05, 4.69) is 10.2 Å². The Balaban J connectivity index is 1.99. The highest BCUT2D eigenvalue weighted by atomic mass is 16.5. The Morgan fingerprint density at radius 3 is 2.09 bits per heavy atom. The Morgan fingerprint density at radius 1 is 0.826 bits per heavy atom. The molecule has 0 unspecified atom stereocenters. The van der Waals surface area contributed by atoms with Crippen LogP contribution in [0.1, 0.15) is 33.3 Å². The Bertz CT molecular complexity index is 651. The van der Waals surface area contributed by atoms with Crippen LogP contribution in [0, 0.1) is 0 Å². The molecular formula is C19H24N2O2. The predicted molar refractivity (Wildman–Crippen MR) is 92.6 cm³/mol. The van der Waals surface area contributed by atoms with E-state index in [1.54, 1.807) is 0 Å². The summed E-state index contributed by atoms with van der Waals surface area (Å²) >= 11 is 0. The van der Waals surface area contributed by atoms with Gasteiger partial charge in [-0.2, -0.15) is 10.2 Å². The normalized spacial score (nSPS) is 11.4. The van der Waals surface area contributed by atoms with Gasteiger partial charge in [0.15, 0.2) is 0 Å². The largest absolute Gasteiger partial charge is 0.491 e. The molecule has 0 fully saturated rings. The fourth-order valence-electron chi connectivity index (χ4n) is 2.08. The van der Waals surface area contributed by atoms with Crippen LogP contribution < -0.4 is 9.47 Å². The standard InChI is InChI=1S/C19H24N2O2/c1-14(2)22-18-9-5-7-16(11-18)13-20-21-17-8-6-10-19(12-17)23-15(3)4/h5-12,14-15H,13H2,1-4H3. The molecule has 0 aliphatic carbocycles. The van der Waals surface area contributed by atoms with Crippen LogP contribution in [0.3, 0.4) is 0 Å². The zero-order valence-electron chi connectivity index (χ0n) is 14.2. The zero-order valence-corrected chi connectivity index (χ0v) is 14.2. The first-order valence-corrected chi connectivity index (χ1v) is 7.93. The van der Waals surface area contributed by atoms with Crippen molar-refractivity contribution in [1.29, 1.82) is 0 Å². The topological polar surface area (TPSA) is 43.2 Å². The third-order valence-corrected chi connectivity index (χ3v) is 2.90. The number of hydrogen-bond donors (Lipinski definition) is 0. The van der Waals surface area contributed by atoms with E-state index >= 15 is 0 Å². The maximum Gasteiger partial charge on any atom is 0.121 e. The molecule has 0 amide bonds. The van der Waals surface area contributed by atoms with E-state index in [0.29, 0.717) is 6.54 Å². The van der Waals surface area contributed by atoms with Gasteiger partial charge in [-0.05, 0) is 57.5 Å². The van der Waals surface area contributed by atoms with Gasteiger partial charge in [-0.3, -0.25) is 0 Å². The highest BCUT2D eigenvalue weighted by molar-refractivity contribution is 5.42. The van der Waals surface area contributed by atoms with Gasteiger partial charge in [-0.15, -0.1) is 0 Å². The van der Waals surface area contributed by atoms with Crippen LogP contribution in [0.2, 0.25) is 0 Å². The van der Waals surface area contributed by atoms with E-state index in [4.69, 9.17) is 9.47 Å². The van der Waals surface area contributed by atoms with Crippen molar-refractivity contribution < 1.29 is 9.47 Å². The van der Waals surface area contributed by atoms with Crippen molar-refractivity contribution in [2.75, 3.05) is 0 Å². The number of rotatable bonds is 7. The number of azo groups is 1. The first-order chi connectivity index (χ1) is 11.0. The third kappa shape index (κ3) is 6.10. The molecule has 0 saturated carbocycles. The Hall–Kier alpha value is -2.36. The van der Waals surface area contributed by atoms with Gasteiger partial charge in [0.1, 0.15) is 11.5 Å². The number of ether oxygens (including phenoxy) is 2. The lowest BCUT2D eigenvalue weighted by Crippen LogP contribution is -2.05. The molecule has 0 N–H and O–H groups in total. The lowest BCUT2D eigenvalue weighted by molar-refractivity contribution is 0.242. The summed E-state index contributed by atoms with van der Waals surface area (Å²) in [6, 6.07) is 15.6. The fraction of sp³-hybridized carbons (Fsp3) is 0.368. The van der Waals surface area contributed by atoms with Gasteiger partial charge < -0.3 is 9.47 Å². The summed E-state index contributed by atoms with van der Waals surface area (Å²) in [5, 5.41) is 8.53. The third-order valence-electron chi connectivity index (χ3n) is 2.90. The molecule has 0 aliphatic heterocycles. The smallest absolute Gasteiger partial charge is 0.121 e. The van der Waals surface area contributed by atoms with Gasteiger partial charge in [-0.25, -0.2) is 0 Å². The zero-order chi connectivity index (χ0) is 16.7. The molecule has 4 heteroatoms. The van der Waals surface area contributed by atoms with Crippen LogP contribution in [0.4, 0.5) is 5.69 Å². The molecule has 0 saturated heterocycles. The lowest BCUT2D eigenvalue weighted by atomic mass is 10.2. The fourth-order valence-corrected chi connectivity index (χ4v) is 2.08. The second kappa shape index (κ2) is 8.32. The van der Waals surface area contributed by atoms with Crippen LogP contribution >= 0.6 is 0 Å². The SMILES string of the molecule is CC(C)Oc1cccc(CN=Nc2cccc(OC(C)C)c2)c1. The molecule has 0 bridgehead atoms. The monoisotopic (exact) mass is 312 g/mol. The van der Waals surface area contributed by atoms with Crippen molar-refractivity contribution in [2.45, 2.75) is 46.4 Å². The van der Waals surface area contributed by atoms with Gasteiger partial charge in [-0.1, -0.05) is 18.2 Å². The van der Waals surface area contributed by atoms with E-state index in [1.807, 2.05) is 76.2 Å². The second-order valence-electron chi connectivity index (χ2n) is 5.88. The molecule has 0 spiro atoms. The lowest BCUT2D eigenvalue weighted by Gasteiger charge is -2.10. The minimum atomic E-state index is 0.144. The van der Waals surface area contributed by atoms with E-state index in [0.717, 1.165) is 22.7 Å². The van der Waals surface area contributed by atoms with E-state index in [1.165, 1.54) is 0 Å². The average Bonchev–Trinajstić information content (AvgIpc) is 2.46. The van der Waals surface area contributed by atoms with Gasteiger partial charge in [0.2, 0.25) is 0 Å². The summed E-state index contributed by atoms with van der Waals surface area (Å²) in [7, 11) is 0. The van der Waals surface area contributed by atoms with Gasteiger partial charge in [0.05, 0.1) is 24.4 Å². The van der Waals surface area contributed by atoms with Crippen LogP contribution in [0.15, 0.2) is 58.8 Å². The quantitative estimate of drug-likeness (QED) is 0.629. The molecule has 0 atom stereocenters. The Morgan fingerprint density at radius 2 is 1.43 bits per heavy atom. The van der Waals surface area contributed by atoms with E-state index in [9.17, 15) is 0 Å². The van der Waals surface area contributed by atoms with Gasteiger partial charge >= 0.3 is 0 Å². The van der Waals surface area contributed by atoms with Crippen LogP contribution in [0.5, 0.6) is 11.5 Å². The summed E-state index contributed by atoms with van der Waals surface area (Å²) in [6.07, 6.45) is 0.307. The summed E-state index contributed by atoms with van der Waals surface area (Å²) in [4.78, 5) is 0. The Labute approximate surface area is 138 Å². The number of nitrogens with zero attached hydrogens (tertiary/aromatic N) is 2. The minimum Gasteiger partial charge on any atom is -0.491 e. The summed E-state index contributed by atoms with van der Waals surface area (Å²) in [5.74, 6) is 1.67. The van der Waals surface area contributed by atoms with Crippen molar-refractivity contribution in [2.24, 2.45) is 10.2 Å². The minimum absolute atomic E-state index is 0.144. The highest BCUT2D eigenvalue weighted by Gasteiger charge is 2.00. The van der Waals surface area contributed by atoms with Crippen LogP contribution in [-0.2, 0) is 6.54 Å². The molecule has 0 radical (unpaired) electrons. The molecule has 0 aromatic heterocycles. The van der Waals surface area contributed by atoms with E-state index < -0.39 is 0 Å². The maximum absolute atomic E-state index is 5.68. The van der Waals surface area contributed by atoms with Gasteiger partial charge in [0, 0.05) is 6.07 Å². The highest BCUT2D eigenvalue weighted by Crippen LogP contribution is 2.22. The molecule has 2 aromatic carbocycles. The average molecular weight is 312 g/mol. The first-order valence-electron chi connectivity index (χ1n) is 7.93. The summed E-state index contributed by atoms with van der Waals surface area (Å²) < 4.78 is 11.3. The van der Waals surface area contributed by atoms with Crippen molar-refractivity contribution in [3.63, 3.8) is 0 Å². The molecule has 2 rings (SSSR count). The second-order valence-corrected chi connectivity index (χ2v) is 5.88. The number of hydrogen-bond acceptors (Lipinski definition) is 4. The first kappa shape index (κ1) is 17.0. The van der Waals surface area contributed by atoms with Gasteiger partial charge in [0.25, 0.3) is 0 Å². The molecular weight excluding hydrogens is 288 g/mol. The van der Waals surface area contributed by atoms with Crippen LogP contribution in [0.25, 0.3) is 0 Å². The predicted octanol–water partition coefficient (Wildman–Crippen LogP) is 5.54.